The number of benzene rings is 1. The van der Waals surface area contributed by atoms with E-state index in [1.165, 1.54) is 0 Å². The molecular weight excluding hydrogens is 372 g/mol. The van der Waals surface area contributed by atoms with Crippen LogP contribution in [0.4, 0.5) is 0 Å². The number of halogens is 2. The lowest BCUT2D eigenvalue weighted by molar-refractivity contribution is 0.456. The molecule has 0 amide bonds. The van der Waals surface area contributed by atoms with E-state index >= 15 is 0 Å². The van der Waals surface area contributed by atoms with E-state index in [9.17, 15) is 5.26 Å². The monoisotopic (exact) mass is 380 g/mol. The van der Waals surface area contributed by atoms with E-state index in [4.69, 9.17) is 4.74 Å². The molecule has 0 fully saturated rings. The molecule has 0 unspecified atom stereocenters. The van der Waals surface area contributed by atoms with Crippen molar-refractivity contribution >= 4 is 31.9 Å². The second-order valence-electron chi connectivity index (χ2n) is 4.05. The average molecular weight is 382 g/mol. The van der Waals surface area contributed by atoms with Gasteiger partial charge < -0.3 is 4.74 Å². The molecule has 0 aliphatic heterocycles. The summed E-state index contributed by atoms with van der Waals surface area (Å²) in [4.78, 5) is 4.29. The number of hydrogen-bond acceptors (Lipinski definition) is 3. The number of nitriles is 1. The second kappa shape index (κ2) is 5.72. The lowest BCUT2D eigenvalue weighted by atomic mass is 10.1. The molecule has 1 aromatic heterocycles. The Morgan fingerprint density at radius 3 is 2.58 bits per heavy atom. The molecule has 0 spiro atoms. The van der Waals surface area contributed by atoms with Gasteiger partial charge in [-0.2, -0.15) is 5.26 Å². The fourth-order valence-corrected chi connectivity index (χ4v) is 2.80. The maximum absolute atomic E-state index is 9.19. The van der Waals surface area contributed by atoms with Crippen molar-refractivity contribution in [2.75, 3.05) is 0 Å². The van der Waals surface area contributed by atoms with Gasteiger partial charge in [0, 0.05) is 10.2 Å². The van der Waals surface area contributed by atoms with E-state index in [0.717, 1.165) is 20.2 Å². The molecule has 0 bridgehead atoms. The van der Waals surface area contributed by atoms with Gasteiger partial charge in [0.1, 0.15) is 17.4 Å². The lowest BCUT2D eigenvalue weighted by Gasteiger charge is -2.10. The van der Waals surface area contributed by atoms with Gasteiger partial charge in [0.2, 0.25) is 5.88 Å². The summed E-state index contributed by atoms with van der Waals surface area (Å²) in [7, 11) is 0. The SMILES string of the molecule is Cc1cc(C)c(C#N)c(Oc2ccc(Br)cc2Br)n1. The Morgan fingerprint density at radius 2 is 1.95 bits per heavy atom. The van der Waals surface area contributed by atoms with E-state index in [1.54, 1.807) is 0 Å². The number of aromatic nitrogens is 1. The molecule has 0 atom stereocenters. The molecule has 0 saturated carbocycles. The molecule has 0 saturated heterocycles. The summed E-state index contributed by atoms with van der Waals surface area (Å²) in [6.07, 6.45) is 0. The third kappa shape index (κ3) is 3.14. The van der Waals surface area contributed by atoms with E-state index in [0.29, 0.717) is 17.2 Å². The molecule has 1 aromatic carbocycles. The summed E-state index contributed by atoms with van der Waals surface area (Å²) in [6.45, 7) is 3.74. The number of pyridine rings is 1. The second-order valence-corrected chi connectivity index (χ2v) is 5.82. The van der Waals surface area contributed by atoms with E-state index < -0.39 is 0 Å². The number of hydrogen-bond donors (Lipinski definition) is 0. The minimum Gasteiger partial charge on any atom is -0.436 e. The van der Waals surface area contributed by atoms with Crippen LogP contribution >= 0.6 is 31.9 Å². The molecule has 1 heterocycles. The van der Waals surface area contributed by atoms with Crippen molar-refractivity contribution in [2.45, 2.75) is 13.8 Å². The Balaban J connectivity index is 2.46. The first-order valence-corrected chi connectivity index (χ1v) is 7.11. The third-order valence-electron chi connectivity index (χ3n) is 2.52. The van der Waals surface area contributed by atoms with Crippen LogP contribution in [-0.2, 0) is 0 Å². The zero-order chi connectivity index (χ0) is 14.0. The van der Waals surface area contributed by atoms with Crippen molar-refractivity contribution in [3.63, 3.8) is 0 Å². The first kappa shape index (κ1) is 14.0. The molecule has 0 aliphatic carbocycles. The Hall–Kier alpha value is -1.38. The van der Waals surface area contributed by atoms with Gasteiger partial charge in [0.25, 0.3) is 0 Å². The molecular formula is C14H10Br2N2O. The van der Waals surface area contributed by atoms with Gasteiger partial charge in [0.15, 0.2) is 0 Å². The molecule has 96 valence electrons. The summed E-state index contributed by atoms with van der Waals surface area (Å²) in [5, 5.41) is 9.19. The van der Waals surface area contributed by atoms with Crippen LogP contribution in [0.3, 0.4) is 0 Å². The number of rotatable bonds is 2. The summed E-state index contributed by atoms with van der Waals surface area (Å²) in [5.41, 5.74) is 2.14. The largest absolute Gasteiger partial charge is 0.436 e. The van der Waals surface area contributed by atoms with Gasteiger partial charge in [-0.15, -0.1) is 0 Å². The van der Waals surface area contributed by atoms with E-state index in [1.807, 2.05) is 38.1 Å². The number of nitrogens with zero attached hydrogens (tertiary/aromatic N) is 2. The summed E-state index contributed by atoms with van der Waals surface area (Å²) >= 11 is 6.80. The maximum atomic E-state index is 9.19. The highest BCUT2D eigenvalue weighted by molar-refractivity contribution is 9.11. The Morgan fingerprint density at radius 1 is 1.21 bits per heavy atom. The molecule has 19 heavy (non-hydrogen) atoms. The van der Waals surface area contributed by atoms with Crippen LogP contribution < -0.4 is 4.74 Å². The first-order valence-electron chi connectivity index (χ1n) is 5.52. The van der Waals surface area contributed by atoms with Crippen LogP contribution in [0.5, 0.6) is 11.6 Å². The number of aryl methyl sites for hydroxylation is 2. The molecule has 3 nitrogen and oxygen atoms in total. The maximum Gasteiger partial charge on any atom is 0.237 e. The van der Waals surface area contributed by atoms with Crippen molar-refractivity contribution in [3.05, 3.63) is 50.0 Å². The normalized spacial score (nSPS) is 10.1. The lowest BCUT2D eigenvalue weighted by Crippen LogP contribution is -1.97. The highest BCUT2D eigenvalue weighted by Crippen LogP contribution is 2.33. The molecule has 2 aromatic rings. The number of ether oxygens (including phenoxy) is 1. The van der Waals surface area contributed by atoms with Crippen LogP contribution in [0, 0.1) is 25.2 Å². The van der Waals surface area contributed by atoms with Crippen molar-refractivity contribution in [2.24, 2.45) is 0 Å². The molecule has 0 radical (unpaired) electrons. The van der Waals surface area contributed by atoms with Crippen molar-refractivity contribution in [1.29, 1.82) is 5.26 Å². The standard InChI is InChI=1S/C14H10Br2N2O/c1-8-5-9(2)18-14(11(8)7-17)19-13-4-3-10(15)6-12(13)16/h3-6H,1-2H3. The Bertz CT molecular complexity index is 678. The topological polar surface area (TPSA) is 45.9 Å². The quantitative estimate of drug-likeness (QED) is 0.744. The fraction of sp³-hybridized carbons (Fsp3) is 0.143. The molecule has 0 N–H and O–H groups in total. The minimum absolute atomic E-state index is 0.336. The van der Waals surface area contributed by atoms with Crippen LogP contribution in [0.2, 0.25) is 0 Å². The first-order chi connectivity index (χ1) is 9.01. The van der Waals surface area contributed by atoms with Gasteiger partial charge in [-0.25, -0.2) is 4.98 Å². The van der Waals surface area contributed by atoms with Crippen molar-refractivity contribution in [1.82, 2.24) is 4.98 Å². The minimum atomic E-state index is 0.336. The summed E-state index contributed by atoms with van der Waals surface area (Å²) in [5.74, 6) is 0.959. The fourth-order valence-electron chi connectivity index (χ4n) is 1.67. The molecule has 2 rings (SSSR count). The summed E-state index contributed by atoms with van der Waals surface area (Å²) < 4.78 is 7.49. The van der Waals surface area contributed by atoms with Crippen LogP contribution in [0.15, 0.2) is 33.2 Å². The predicted molar refractivity (Wildman–Crippen MR) is 80.3 cm³/mol. The van der Waals surface area contributed by atoms with Crippen LogP contribution in [0.25, 0.3) is 0 Å². The third-order valence-corrected chi connectivity index (χ3v) is 3.64. The Kier molecular flexibility index (Phi) is 4.23. The summed E-state index contributed by atoms with van der Waals surface area (Å²) in [6, 6.07) is 9.56. The van der Waals surface area contributed by atoms with Crippen molar-refractivity contribution in [3.8, 4) is 17.7 Å². The van der Waals surface area contributed by atoms with Crippen LogP contribution in [-0.4, -0.2) is 4.98 Å². The predicted octanol–water partition coefficient (Wildman–Crippen LogP) is 4.89. The highest BCUT2D eigenvalue weighted by atomic mass is 79.9. The van der Waals surface area contributed by atoms with Gasteiger partial charge in [-0.3, -0.25) is 0 Å². The molecule has 0 aliphatic rings. The van der Waals surface area contributed by atoms with E-state index in [2.05, 4.69) is 42.9 Å². The average Bonchev–Trinajstić information content (AvgIpc) is 2.32. The zero-order valence-electron chi connectivity index (χ0n) is 10.4. The van der Waals surface area contributed by atoms with Gasteiger partial charge >= 0.3 is 0 Å². The van der Waals surface area contributed by atoms with E-state index in [-0.39, 0.29) is 0 Å². The Labute approximate surface area is 128 Å². The smallest absolute Gasteiger partial charge is 0.237 e. The van der Waals surface area contributed by atoms with Gasteiger partial charge in [-0.05, 0) is 59.6 Å². The zero-order valence-corrected chi connectivity index (χ0v) is 13.5. The van der Waals surface area contributed by atoms with Gasteiger partial charge in [0.05, 0.1) is 4.47 Å². The highest BCUT2D eigenvalue weighted by Gasteiger charge is 2.12. The van der Waals surface area contributed by atoms with Gasteiger partial charge in [-0.1, -0.05) is 15.9 Å². The van der Waals surface area contributed by atoms with Crippen LogP contribution in [0.1, 0.15) is 16.8 Å². The van der Waals surface area contributed by atoms with Crippen molar-refractivity contribution < 1.29 is 4.74 Å². The molecule has 5 heteroatoms.